The van der Waals surface area contributed by atoms with E-state index in [0.717, 1.165) is 37.8 Å². The molecule has 3 amide bonds. The third-order valence-electron chi connectivity index (χ3n) is 9.61. The summed E-state index contributed by atoms with van der Waals surface area (Å²) in [6.45, 7) is 7.75. The quantitative estimate of drug-likeness (QED) is 0.207. The van der Waals surface area contributed by atoms with E-state index in [0.29, 0.717) is 11.4 Å². The van der Waals surface area contributed by atoms with Crippen molar-refractivity contribution in [2.24, 2.45) is 17.8 Å². The molecule has 4 rings (SSSR count). The first kappa shape index (κ1) is 38.0. The van der Waals surface area contributed by atoms with E-state index in [4.69, 9.17) is 4.74 Å². The highest BCUT2D eigenvalue weighted by Gasteiger charge is 2.42. The molecule has 0 bridgehead atoms. The molecule has 2 heterocycles. The van der Waals surface area contributed by atoms with Crippen LogP contribution in [0.2, 0.25) is 0 Å². The molecule has 2 fully saturated rings. The van der Waals surface area contributed by atoms with Gasteiger partial charge >= 0.3 is 11.9 Å². The molecular formula is C36H51N5O7S. The molecular weight excluding hydrogens is 646 g/mol. The molecule has 12 nitrogen and oxygen atoms in total. The standard InChI is InChI=1S/C36H51N5O7S/c1-21(2)29(41(6)35(45)31(25-14-15-25)39-33(44)28-13-10-16-40(28)5)19-30(48-23(4)42)34-38-27(20-49-34)32(43)37-26(17-22(3)36(46)47)18-24-11-8-7-9-12-24/h7-9,11-12,20-22,25-26,28-31H,10,13-19H2,1-6H3,(H,37,43)(H,39,44)(H,46,47)/t22?,26?,28-,29?,30?,31?/m1/s1. The maximum Gasteiger partial charge on any atom is 0.306 e. The second kappa shape index (κ2) is 17.2. The number of aromatic nitrogens is 1. The van der Waals surface area contributed by atoms with Gasteiger partial charge in [0.15, 0.2) is 6.10 Å². The molecule has 2 aromatic rings. The smallest absolute Gasteiger partial charge is 0.306 e. The number of carboxylic acids is 1. The molecule has 1 saturated heterocycles. The SMILES string of the molecule is CC(=O)OC(CC(C(C)C)N(C)C(=O)C(NC(=O)[C@H]1CCCN1C)C1CC1)c1nc(C(=O)NC(Cc2ccccc2)CC(C)C(=O)O)cs1. The fraction of sp³-hybridized carbons (Fsp3) is 0.611. The summed E-state index contributed by atoms with van der Waals surface area (Å²) in [5.74, 6) is -2.80. The van der Waals surface area contributed by atoms with Gasteiger partial charge in [0, 0.05) is 37.9 Å². The van der Waals surface area contributed by atoms with Crippen LogP contribution in [0.15, 0.2) is 35.7 Å². The van der Waals surface area contributed by atoms with Gasteiger partial charge in [0.05, 0.1) is 12.0 Å². The van der Waals surface area contributed by atoms with Crippen LogP contribution in [0.4, 0.5) is 0 Å². The Balaban J connectivity index is 1.48. The van der Waals surface area contributed by atoms with Crippen molar-refractivity contribution in [1.82, 2.24) is 25.4 Å². The number of esters is 1. The van der Waals surface area contributed by atoms with E-state index in [1.165, 1.54) is 18.3 Å². The number of ether oxygens (including phenoxy) is 1. The van der Waals surface area contributed by atoms with Crippen LogP contribution in [0, 0.1) is 17.8 Å². The summed E-state index contributed by atoms with van der Waals surface area (Å²) >= 11 is 1.19. The molecule has 6 atom stereocenters. The summed E-state index contributed by atoms with van der Waals surface area (Å²) in [5.41, 5.74) is 1.10. The van der Waals surface area contributed by atoms with Gasteiger partial charge in [-0.25, -0.2) is 4.98 Å². The van der Waals surface area contributed by atoms with Crippen molar-refractivity contribution < 1.29 is 33.8 Å². The lowest BCUT2D eigenvalue weighted by Gasteiger charge is -2.36. The van der Waals surface area contributed by atoms with Crippen molar-refractivity contribution in [3.05, 3.63) is 52.0 Å². The van der Waals surface area contributed by atoms with Crippen LogP contribution in [0.3, 0.4) is 0 Å². The van der Waals surface area contributed by atoms with E-state index in [1.54, 1.807) is 24.3 Å². The Morgan fingerprint density at radius 2 is 1.76 bits per heavy atom. The van der Waals surface area contributed by atoms with E-state index in [2.05, 4.69) is 15.6 Å². The van der Waals surface area contributed by atoms with E-state index < -0.39 is 42.0 Å². The Kier molecular flexibility index (Phi) is 13.3. The van der Waals surface area contributed by atoms with E-state index in [1.807, 2.05) is 56.1 Å². The van der Waals surface area contributed by atoms with Crippen molar-refractivity contribution in [2.45, 2.75) is 103 Å². The summed E-state index contributed by atoms with van der Waals surface area (Å²) < 4.78 is 5.74. The van der Waals surface area contributed by atoms with Crippen molar-refractivity contribution in [1.29, 1.82) is 0 Å². The number of carbonyl (C=O) groups is 5. The molecule has 0 spiro atoms. The van der Waals surface area contributed by atoms with E-state index in [-0.39, 0.29) is 54.3 Å². The summed E-state index contributed by atoms with van der Waals surface area (Å²) in [5, 5.41) is 17.6. The minimum absolute atomic E-state index is 0.0266. The Morgan fingerprint density at radius 1 is 1.06 bits per heavy atom. The summed E-state index contributed by atoms with van der Waals surface area (Å²) in [7, 11) is 3.66. The van der Waals surface area contributed by atoms with Crippen LogP contribution >= 0.6 is 11.3 Å². The van der Waals surface area contributed by atoms with Gasteiger partial charge < -0.3 is 25.4 Å². The first-order valence-electron chi connectivity index (χ1n) is 17.2. The first-order valence-corrected chi connectivity index (χ1v) is 18.1. The second-order valence-corrected chi connectivity index (χ2v) is 14.9. The van der Waals surface area contributed by atoms with Crippen LogP contribution in [-0.4, -0.2) is 94.4 Å². The number of likely N-dealkylation sites (N-methyl/N-ethyl adjacent to an activating group) is 2. The van der Waals surface area contributed by atoms with Gasteiger partial charge in [-0.15, -0.1) is 11.3 Å². The third kappa shape index (κ3) is 10.6. The summed E-state index contributed by atoms with van der Waals surface area (Å²) in [6.07, 6.45) is 3.58. The number of rotatable bonds is 17. The fourth-order valence-electron chi connectivity index (χ4n) is 6.60. The number of hydrogen-bond acceptors (Lipinski definition) is 9. The Hall–Kier alpha value is -3.84. The predicted octanol–water partition coefficient (Wildman–Crippen LogP) is 4.06. The fourth-order valence-corrected chi connectivity index (χ4v) is 7.44. The summed E-state index contributed by atoms with van der Waals surface area (Å²) in [6, 6.07) is 7.86. The molecule has 268 valence electrons. The number of nitrogens with one attached hydrogen (secondary N) is 2. The molecule has 1 aromatic heterocycles. The Labute approximate surface area is 293 Å². The van der Waals surface area contributed by atoms with Gasteiger partial charge in [-0.05, 0) is 69.5 Å². The minimum Gasteiger partial charge on any atom is -0.481 e. The van der Waals surface area contributed by atoms with Crippen LogP contribution in [0.25, 0.3) is 0 Å². The summed E-state index contributed by atoms with van der Waals surface area (Å²) in [4.78, 5) is 72.7. The highest BCUT2D eigenvalue weighted by Crippen LogP contribution is 2.36. The number of carbonyl (C=O) groups excluding carboxylic acids is 4. The van der Waals surface area contributed by atoms with Gasteiger partial charge in [-0.3, -0.25) is 28.9 Å². The lowest BCUT2D eigenvalue weighted by molar-refractivity contribution is -0.149. The number of nitrogens with zero attached hydrogens (tertiary/aromatic N) is 3. The zero-order valence-electron chi connectivity index (χ0n) is 29.4. The molecule has 1 saturated carbocycles. The second-order valence-electron chi connectivity index (χ2n) is 14.0. The van der Waals surface area contributed by atoms with Gasteiger partial charge in [-0.2, -0.15) is 0 Å². The molecule has 1 aromatic carbocycles. The molecule has 5 unspecified atom stereocenters. The number of amides is 3. The lowest BCUT2D eigenvalue weighted by Crippen LogP contribution is -2.55. The van der Waals surface area contributed by atoms with Gasteiger partial charge in [-0.1, -0.05) is 51.1 Å². The van der Waals surface area contributed by atoms with Gasteiger partial charge in [0.2, 0.25) is 11.8 Å². The molecule has 13 heteroatoms. The molecule has 2 aliphatic rings. The van der Waals surface area contributed by atoms with E-state index in [9.17, 15) is 29.1 Å². The van der Waals surface area contributed by atoms with Gasteiger partial charge in [0.1, 0.15) is 16.7 Å². The van der Waals surface area contributed by atoms with Crippen LogP contribution in [0.5, 0.6) is 0 Å². The zero-order valence-corrected chi connectivity index (χ0v) is 30.2. The highest BCUT2D eigenvalue weighted by molar-refractivity contribution is 7.09. The van der Waals surface area contributed by atoms with E-state index >= 15 is 0 Å². The maximum atomic E-state index is 14.0. The molecule has 3 N–H and O–H groups in total. The minimum atomic E-state index is -0.942. The number of thiazole rings is 1. The van der Waals surface area contributed by atoms with Crippen LogP contribution in [-0.2, 0) is 30.3 Å². The average molecular weight is 698 g/mol. The maximum absolute atomic E-state index is 14.0. The number of likely N-dealkylation sites (tertiary alicyclic amines) is 1. The number of hydrogen-bond donors (Lipinski definition) is 3. The number of aliphatic carboxylic acids is 1. The third-order valence-corrected chi connectivity index (χ3v) is 10.5. The zero-order chi connectivity index (χ0) is 35.8. The van der Waals surface area contributed by atoms with Crippen molar-refractivity contribution in [2.75, 3.05) is 20.6 Å². The predicted molar refractivity (Wildman–Crippen MR) is 186 cm³/mol. The molecule has 49 heavy (non-hydrogen) atoms. The Bertz CT molecular complexity index is 1460. The van der Waals surface area contributed by atoms with Crippen LogP contribution < -0.4 is 10.6 Å². The average Bonchev–Trinajstić information content (AvgIpc) is 3.59. The molecule has 1 aliphatic carbocycles. The number of carboxylic acid groups (broad SMARTS) is 1. The van der Waals surface area contributed by atoms with Crippen molar-refractivity contribution in [3.8, 4) is 0 Å². The normalized spacial score (nSPS) is 19.4. The highest BCUT2D eigenvalue weighted by atomic mass is 32.1. The van der Waals surface area contributed by atoms with Crippen molar-refractivity contribution in [3.63, 3.8) is 0 Å². The lowest BCUT2D eigenvalue weighted by atomic mass is 9.95. The molecule has 0 radical (unpaired) electrons. The first-order chi connectivity index (χ1) is 23.2. The monoisotopic (exact) mass is 697 g/mol. The topological polar surface area (TPSA) is 158 Å². The number of benzene rings is 1. The Morgan fingerprint density at radius 3 is 2.33 bits per heavy atom. The largest absolute Gasteiger partial charge is 0.481 e. The van der Waals surface area contributed by atoms with Crippen molar-refractivity contribution >= 4 is 41.0 Å². The van der Waals surface area contributed by atoms with Gasteiger partial charge in [0.25, 0.3) is 5.91 Å². The van der Waals surface area contributed by atoms with Crippen LogP contribution in [0.1, 0.15) is 93.4 Å². The molecule has 1 aliphatic heterocycles.